The quantitative estimate of drug-likeness (QED) is 0.458. The third-order valence-electron chi connectivity index (χ3n) is 6.67. The van der Waals surface area contributed by atoms with Crippen LogP contribution in [0.3, 0.4) is 0 Å². The molecule has 1 aliphatic rings. The summed E-state index contributed by atoms with van der Waals surface area (Å²) >= 11 is 0. The highest BCUT2D eigenvalue weighted by Gasteiger charge is 2.32. The normalized spacial score (nSPS) is 16.0. The third kappa shape index (κ3) is 5.14. The van der Waals surface area contributed by atoms with Crippen molar-refractivity contribution in [3.05, 3.63) is 53.9 Å². The first-order valence-electron chi connectivity index (χ1n) is 11.9. The molecular weight excluding hydrogens is 491 g/mol. The monoisotopic (exact) mass is 521 g/mol. The summed E-state index contributed by atoms with van der Waals surface area (Å²) in [5.74, 6) is 1.22. The van der Waals surface area contributed by atoms with E-state index in [1.807, 2.05) is 25.7 Å². The molecule has 1 aromatic heterocycles. The zero-order chi connectivity index (χ0) is 26.5. The van der Waals surface area contributed by atoms with Crippen molar-refractivity contribution in [3.63, 3.8) is 0 Å². The number of hydrogen-bond acceptors (Lipinski definition) is 4. The van der Waals surface area contributed by atoms with Crippen LogP contribution < -0.4 is 0 Å². The summed E-state index contributed by atoms with van der Waals surface area (Å²) in [7, 11) is -4.18. The van der Waals surface area contributed by atoms with Crippen LogP contribution in [-0.4, -0.2) is 41.9 Å². The fourth-order valence-electron chi connectivity index (χ4n) is 4.70. The number of piperidine rings is 1. The Hall–Kier alpha value is -2.88. The molecule has 10 heteroatoms. The minimum atomic E-state index is -4.64. The molecule has 36 heavy (non-hydrogen) atoms. The predicted octanol–water partition coefficient (Wildman–Crippen LogP) is 5.44. The van der Waals surface area contributed by atoms with Crippen LogP contribution in [0.25, 0.3) is 11.0 Å². The molecule has 2 heterocycles. The average molecular weight is 522 g/mol. The Labute approximate surface area is 209 Å². The summed E-state index contributed by atoms with van der Waals surface area (Å²) in [6, 6.07) is 8.32. The number of fused-ring (bicyclic) bond motifs is 1. The van der Waals surface area contributed by atoms with E-state index in [2.05, 4.69) is 4.57 Å². The van der Waals surface area contributed by atoms with Gasteiger partial charge < -0.3 is 9.47 Å². The number of hydrogen-bond donors (Lipinski definition) is 0. The Morgan fingerprint density at radius 3 is 2.25 bits per heavy atom. The van der Waals surface area contributed by atoms with Gasteiger partial charge in [0.2, 0.25) is 15.7 Å². The molecule has 1 fully saturated rings. The van der Waals surface area contributed by atoms with Crippen molar-refractivity contribution < 1.29 is 26.4 Å². The van der Waals surface area contributed by atoms with Crippen molar-refractivity contribution >= 4 is 26.8 Å². The van der Waals surface area contributed by atoms with Gasteiger partial charge >= 0.3 is 6.18 Å². The lowest BCUT2D eigenvalue weighted by Crippen LogP contribution is -2.38. The number of aromatic nitrogens is 2. The number of likely N-dealkylation sites (tertiary alicyclic amines) is 1. The van der Waals surface area contributed by atoms with Crippen LogP contribution in [-0.2, 0) is 32.8 Å². The molecule has 6 nitrogen and oxygen atoms in total. The fraction of sp³-hybridized carbons (Fsp3) is 0.462. The second kappa shape index (κ2) is 9.21. The number of alkyl halides is 3. The molecule has 194 valence electrons. The summed E-state index contributed by atoms with van der Waals surface area (Å²) in [4.78, 5) is 17.8. The number of nitrogens with zero attached hydrogens (tertiary/aromatic N) is 3. The fourth-order valence-corrected chi connectivity index (χ4v) is 6.02. The molecule has 0 unspecified atom stereocenters. The largest absolute Gasteiger partial charge is 0.416 e. The van der Waals surface area contributed by atoms with Crippen molar-refractivity contribution in [1.82, 2.24) is 14.5 Å². The minimum absolute atomic E-state index is 0.0754. The Balaban J connectivity index is 1.72. The lowest BCUT2D eigenvalue weighted by atomic mass is 9.93. The van der Waals surface area contributed by atoms with E-state index in [1.165, 1.54) is 18.2 Å². The number of carbonyl (C=O) groups is 1. The molecule has 0 atom stereocenters. The molecule has 0 N–H and O–H groups in total. The zero-order valence-corrected chi connectivity index (χ0v) is 21.6. The number of benzene rings is 2. The average Bonchev–Trinajstić information content (AvgIpc) is 3.17. The second-order valence-corrected chi connectivity index (χ2v) is 12.4. The van der Waals surface area contributed by atoms with Crippen LogP contribution in [0.5, 0.6) is 0 Å². The van der Waals surface area contributed by atoms with Crippen molar-refractivity contribution in [2.24, 2.45) is 5.92 Å². The van der Waals surface area contributed by atoms with E-state index in [9.17, 15) is 26.4 Å². The van der Waals surface area contributed by atoms with Gasteiger partial charge in [-0.25, -0.2) is 13.4 Å². The van der Waals surface area contributed by atoms with E-state index in [-0.39, 0.29) is 16.2 Å². The van der Waals surface area contributed by atoms with Gasteiger partial charge in [-0.1, -0.05) is 26.8 Å². The molecular formula is C26H30F3N3O3S. The summed E-state index contributed by atoms with van der Waals surface area (Å²) in [6.07, 6.45) is -2.91. The SMILES string of the molecule is CC(=O)N1CCC(Cn2c(C(C)(C)C)nc3cc(S(=O)(=O)c4cccc(C(F)(F)F)c4)ccc32)CC1. The number of halogens is 3. The number of imidazole rings is 1. The summed E-state index contributed by atoms with van der Waals surface area (Å²) in [6.45, 7) is 9.77. The maximum Gasteiger partial charge on any atom is 0.416 e. The summed E-state index contributed by atoms with van der Waals surface area (Å²) < 4.78 is 68.0. The van der Waals surface area contributed by atoms with Crippen molar-refractivity contribution in [3.8, 4) is 0 Å². The molecule has 2 aromatic carbocycles. The first-order valence-corrected chi connectivity index (χ1v) is 13.3. The van der Waals surface area contributed by atoms with Crippen LogP contribution in [0.15, 0.2) is 52.3 Å². The molecule has 0 aliphatic carbocycles. The summed E-state index contributed by atoms with van der Waals surface area (Å²) in [5.41, 5.74) is -0.0787. The molecule has 3 aromatic rings. The third-order valence-corrected chi connectivity index (χ3v) is 8.42. The maximum absolute atomic E-state index is 13.2. The van der Waals surface area contributed by atoms with Gasteiger partial charge in [0.15, 0.2) is 0 Å². The number of sulfone groups is 1. The molecule has 0 spiro atoms. The van der Waals surface area contributed by atoms with Gasteiger partial charge in [-0.15, -0.1) is 0 Å². The number of rotatable bonds is 4. The lowest BCUT2D eigenvalue weighted by Gasteiger charge is -2.32. The molecule has 1 saturated heterocycles. The van der Waals surface area contributed by atoms with Crippen LogP contribution in [0.2, 0.25) is 0 Å². The highest BCUT2D eigenvalue weighted by atomic mass is 32.2. The standard InChI is InChI=1S/C26H30F3N3O3S/c1-17(33)31-12-10-18(11-13-31)16-32-23-9-8-21(15-22(23)30-24(32)25(2,3)4)36(34,35)20-7-5-6-19(14-20)26(27,28)29/h5-9,14-15,18H,10-13,16H2,1-4H3. The molecule has 0 saturated carbocycles. The summed E-state index contributed by atoms with van der Waals surface area (Å²) in [5, 5.41) is 0. The van der Waals surface area contributed by atoms with E-state index in [0.29, 0.717) is 37.1 Å². The Morgan fingerprint density at radius 2 is 1.67 bits per heavy atom. The van der Waals surface area contributed by atoms with Crippen LogP contribution in [0, 0.1) is 5.92 Å². The first kappa shape index (κ1) is 26.2. The van der Waals surface area contributed by atoms with Crippen LogP contribution in [0.4, 0.5) is 13.2 Å². The van der Waals surface area contributed by atoms with Gasteiger partial charge in [-0.05, 0) is 55.2 Å². The van der Waals surface area contributed by atoms with Crippen molar-refractivity contribution in [2.75, 3.05) is 13.1 Å². The van der Waals surface area contributed by atoms with Crippen LogP contribution in [0.1, 0.15) is 51.9 Å². The van der Waals surface area contributed by atoms with E-state index in [1.54, 1.807) is 13.0 Å². The van der Waals surface area contributed by atoms with Crippen LogP contribution >= 0.6 is 0 Å². The molecule has 0 radical (unpaired) electrons. The predicted molar refractivity (Wildman–Crippen MR) is 130 cm³/mol. The first-order chi connectivity index (χ1) is 16.7. The molecule has 0 bridgehead atoms. The Bertz CT molecular complexity index is 1400. The smallest absolute Gasteiger partial charge is 0.343 e. The van der Waals surface area contributed by atoms with E-state index in [0.717, 1.165) is 36.3 Å². The second-order valence-electron chi connectivity index (χ2n) is 10.4. The topological polar surface area (TPSA) is 72.3 Å². The van der Waals surface area contributed by atoms with E-state index >= 15 is 0 Å². The van der Waals surface area contributed by atoms with Gasteiger partial charge in [0.25, 0.3) is 0 Å². The van der Waals surface area contributed by atoms with Gasteiger partial charge in [-0.2, -0.15) is 13.2 Å². The van der Waals surface area contributed by atoms with E-state index < -0.39 is 26.5 Å². The Morgan fingerprint density at radius 1 is 1.03 bits per heavy atom. The van der Waals surface area contributed by atoms with Gasteiger partial charge in [0.05, 0.1) is 26.4 Å². The van der Waals surface area contributed by atoms with Gasteiger partial charge in [0.1, 0.15) is 5.82 Å². The lowest BCUT2D eigenvalue weighted by molar-refractivity contribution is -0.137. The van der Waals surface area contributed by atoms with Gasteiger partial charge in [-0.3, -0.25) is 4.79 Å². The Kier molecular flexibility index (Phi) is 6.70. The number of carbonyl (C=O) groups excluding carboxylic acids is 1. The zero-order valence-electron chi connectivity index (χ0n) is 20.8. The van der Waals surface area contributed by atoms with Gasteiger partial charge in [0, 0.05) is 32.0 Å². The molecule has 1 amide bonds. The highest BCUT2D eigenvalue weighted by molar-refractivity contribution is 7.91. The van der Waals surface area contributed by atoms with E-state index in [4.69, 9.17) is 4.98 Å². The number of amides is 1. The minimum Gasteiger partial charge on any atom is -0.343 e. The molecule has 4 rings (SSSR count). The molecule has 1 aliphatic heterocycles. The van der Waals surface area contributed by atoms with Crippen molar-refractivity contribution in [2.45, 2.75) is 68.5 Å². The maximum atomic E-state index is 13.2. The van der Waals surface area contributed by atoms with Crippen molar-refractivity contribution in [1.29, 1.82) is 0 Å². The highest BCUT2D eigenvalue weighted by Crippen LogP contribution is 2.34.